The maximum absolute atomic E-state index is 12.3. The van der Waals surface area contributed by atoms with Crippen molar-refractivity contribution in [1.29, 1.82) is 0 Å². The van der Waals surface area contributed by atoms with Gasteiger partial charge in [0.15, 0.2) is 0 Å². The summed E-state index contributed by atoms with van der Waals surface area (Å²) in [5, 5.41) is 8.18. The van der Waals surface area contributed by atoms with Crippen molar-refractivity contribution >= 4 is 45.6 Å². The van der Waals surface area contributed by atoms with E-state index in [1.807, 2.05) is 36.4 Å². The third kappa shape index (κ3) is 9.78. The zero-order chi connectivity index (χ0) is 23.6. The van der Waals surface area contributed by atoms with Gasteiger partial charge >= 0.3 is 6.09 Å². The predicted molar refractivity (Wildman–Crippen MR) is 129 cm³/mol. The molecule has 0 aromatic heterocycles. The van der Waals surface area contributed by atoms with E-state index in [-0.39, 0.29) is 31.3 Å². The lowest BCUT2D eigenvalue weighted by Crippen LogP contribution is -2.34. The summed E-state index contributed by atoms with van der Waals surface area (Å²) in [5.41, 5.74) is 1.68. The topological polar surface area (TPSA) is 96.5 Å². The number of para-hydroxylation sites is 1. The van der Waals surface area contributed by atoms with Crippen LogP contribution in [0.2, 0.25) is 0 Å². The molecular formula is C24H28BrN3O4. The van der Waals surface area contributed by atoms with Gasteiger partial charge in [0.25, 0.3) is 0 Å². The Kier molecular flexibility index (Phi) is 9.46. The highest BCUT2D eigenvalue weighted by Gasteiger charge is 2.16. The smallest absolute Gasteiger partial charge is 0.407 e. The lowest BCUT2D eigenvalue weighted by molar-refractivity contribution is -0.117. The minimum Gasteiger partial charge on any atom is -0.444 e. The lowest BCUT2D eigenvalue weighted by Gasteiger charge is -2.19. The van der Waals surface area contributed by atoms with Gasteiger partial charge in [-0.3, -0.25) is 9.59 Å². The standard InChI is InChI=1S/C24H28BrN3O4/c1-24(2,3)32-23(31)26-14-13-22(30)28-20-10-5-4-8-18(20)16-27-21(29)12-11-17-7-6-9-19(25)15-17/h4-12,15H,13-14,16H2,1-3H3,(H,26,31)(H,27,29)(H,28,30)/b12-11+. The van der Waals surface area contributed by atoms with Crippen molar-refractivity contribution in [3.8, 4) is 0 Å². The summed E-state index contributed by atoms with van der Waals surface area (Å²) in [6.07, 6.45) is 2.72. The van der Waals surface area contributed by atoms with Crippen LogP contribution < -0.4 is 16.0 Å². The van der Waals surface area contributed by atoms with Gasteiger partial charge in [-0.2, -0.15) is 0 Å². The molecule has 32 heavy (non-hydrogen) atoms. The van der Waals surface area contributed by atoms with E-state index in [9.17, 15) is 14.4 Å². The molecule has 8 heteroatoms. The van der Waals surface area contributed by atoms with E-state index < -0.39 is 11.7 Å². The first-order valence-corrected chi connectivity index (χ1v) is 11.0. The number of hydrogen-bond acceptors (Lipinski definition) is 4. The molecule has 0 unspecified atom stereocenters. The van der Waals surface area contributed by atoms with Crippen LogP contribution in [0.4, 0.5) is 10.5 Å². The number of nitrogens with one attached hydrogen (secondary N) is 3. The minimum atomic E-state index is -0.594. The van der Waals surface area contributed by atoms with E-state index >= 15 is 0 Å². The Morgan fingerprint density at radius 2 is 1.78 bits per heavy atom. The third-order valence-corrected chi connectivity index (χ3v) is 4.53. The molecule has 0 saturated carbocycles. The van der Waals surface area contributed by atoms with Crippen molar-refractivity contribution in [3.05, 3.63) is 70.2 Å². The molecule has 3 N–H and O–H groups in total. The number of carbonyl (C=O) groups is 3. The first kappa shape index (κ1) is 25.1. The average molecular weight is 502 g/mol. The van der Waals surface area contributed by atoms with Crippen LogP contribution in [0.3, 0.4) is 0 Å². The molecule has 0 atom stereocenters. The van der Waals surface area contributed by atoms with Gasteiger partial charge in [0.2, 0.25) is 11.8 Å². The molecule has 3 amide bonds. The van der Waals surface area contributed by atoms with Gasteiger partial charge in [-0.05, 0) is 56.2 Å². The number of halogens is 1. The van der Waals surface area contributed by atoms with Gasteiger partial charge in [-0.25, -0.2) is 4.79 Å². The summed E-state index contributed by atoms with van der Waals surface area (Å²) in [7, 11) is 0. The van der Waals surface area contributed by atoms with E-state index in [4.69, 9.17) is 4.74 Å². The third-order valence-electron chi connectivity index (χ3n) is 4.04. The second kappa shape index (κ2) is 12.0. The summed E-state index contributed by atoms with van der Waals surface area (Å²) in [5.74, 6) is -0.498. The Bertz CT molecular complexity index is 983. The average Bonchev–Trinajstić information content (AvgIpc) is 2.70. The van der Waals surface area contributed by atoms with Crippen molar-refractivity contribution in [1.82, 2.24) is 10.6 Å². The monoisotopic (exact) mass is 501 g/mol. The van der Waals surface area contributed by atoms with Gasteiger partial charge < -0.3 is 20.7 Å². The van der Waals surface area contributed by atoms with Crippen LogP contribution in [-0.4, -0.2) is 30.1 Å². The molecule has 2 aromatic rings. The molecule has 0 spiro atoms. The fourth-order valence-corrected chi connectivity index (χ4v) is 3.04. The van der Waals surface area contributed by atoms with Gasteiger partial charge in [0.05, 0.1) is 0 Å². The second-order valence-electron chi connectivity index (χ2n) is 7.99. The fourth-order valence-electron chi connectivity index (χ4n) is 2.62. The van der Waals surface area contributed by atoms with E-state index in [1.54, 1.807) is 39.0 Å². The zero-order valence-electron chi connectivity index (χ0n) is 18.4. The number of anilines is 1. The van der Waals surface area contributed by atoms with Crippen molar-refractivity contribution < 1.29 is 19.1 Å². The fraction of sp³-hybridized carbons (Fsp3) is 0.292. The van der Waals surface area contributed by atoms with E-state index in [2.05, 4.69) is 31.9 Å². The maximum Gasteiger partial charge on any atom is 0.407 e. The van der Waals surface area contributed by atoms with Crippen molar-refractivity contribution in [2.24, 2.45) is 0 Å². The molecule has 2 aromatic carbocycles. The van der Waals surface area contributed by atoms with Crippen molar-refractivity contribution in [2.75, 3.05) is 11.9 Å². The number of hydrogen-bond donors (Lipinski definition) is 3. The van der Waals surface area contributed by atoms with Crippen LogP contribution in [-0.2, 0) is 20.9 Å². The van der Waals surface area contributed by atoms with E-state index in [0.717, 1.165) is 15.6 Å². The number of alkyl carbamates (subject to hydrolysis) is 1. The van der Waals surface area contributed by atoms with Crippen molar-refractivity contribution in [3.63, 3.8) is 0 Å². The quantitative estimate of drug-likeness (QED) is 0.459. The first-order chi connectivity index (χ1) is 15.1. The van der Waals surface area contributed by atoms with E-state index in [0.29, 0.717) is 5.69 Å². The largest absolute Gasteiger partial charge is 0.444 e. The molecule has 170 valence electrons. The molecule has 0 aliphatic carbocycles. The summed E-state index contributed by atoms with van der Waals surface area (Å²) in [4.78, 5) is 36.1. The molecule has 0 radical (unpaired) electrons. The van der Waals surface area contributed by atoms with Crippen LogP contribution in [0.15, 0.2) is 59.1 Å². The van der Waals surface area contributed by atoms with Gasteiger partial charge in [-0.1, -0.05) is 46.3 Å². The maximum atomic E-state index is 12.3. The minimum absolute atomic E-state index is 0.0926. The number of amides is 3. The highest BCUT2D eigenvalue weighted by Crippen LogP contribution is 2.16. The van der Waals surface area contributed by atoms with Crippen LogP contribution in [0.1, 0.15) is 38.3 Å². The first-order valence-electron chi connectivity index (χ1n) is 10.2. The molecule has 0 saturated heterocycles. The normalized spacial score (nSPS) is 11.1. The molecule has 0 aliphatic heterocycles. The molecule has 0 bridgehead atoms. The second-order valence-corrected chi connectivity index (χ2v) is 8.91. The molecule has 0 heterocycles. The summed E-state index contributed by atoms with van der Waals surface area (Å²) < 4.78 is 6.07. The lowest BCUT2D eigenvalue weighted by atomic mass is 10.1. The van der Waals surface area contributed by atoms with Crippen LogP contribution in [0, 0.1) is 0 Å². The van der Waals surface area contributed by atoms with Crippen LogP contribution in [0.25, 0.3) is 6.08 Å². The Morgan fingerprint density at radius 3 is 2.50 bits per heavy atom. The Balaban J connectivity index is 1.83. The molecule has 0 fully saturated rings. The zero-order valence-corrected chi connectivity index (χ0v) is 20.0. The number of benzene rings is 2. The Morgan fingerprint density at radius 1 is 1.03 bits per heavy atom. The molecule has 2 rings (SSSR count). The summed E-state index contributed by atoms with van der Waals surface area (Å²) in [6.45, 7) is 5.72. The van der Waals surface area contributed by atoms with Gasteiger partial charge in [-0.15, -0.1) is 0 Å². The summed E-state index contributed by atoms with van der Waals surface area (Å²) >= 11 is 3.40. The molecular weight excluding hydrogens is 474 g/mol. The van der Waals surface area contributed by atoms with Crippen LogP contribution >= 0.6 is 15.9 Å². The number of ether oxygens (including phenoxy) is 1. The number of carbonyl (C=O) groups excluding carboxylic acids is 3. The molecule has 7 nitrogen and oxygen atoms in total. The Labute approximate surface area is 196 Å². The van der Waals surface area contributed by atoms with Crippen molar-refractivity contribution in [2.45, 2.75) is 39.3 Å². The van der Waals surface area contributed by atoms with Gasteiger partial charge in [0.1, 0.15) is 5.60 Å². The number of rotatable bonds is 8. The van der Waals surface area contributed by atoms with Gasteiger partial charge in [0, 0.05) is 35.7 Å². The van der Waals surface area contributed by atoms with Crippen LogP contribution in [0.5, 0.6) is 0 Å². The highest BCUT2D eigenvalue weighted by atomic mass is 79.9. The summed E-state index contributed by atoms with van der Waals surface area (Å²) in [6, 6.07) is 14.8. The Hall–Kier alpha value is -3.13. The predicted octanol–water partition coefficient (Wildman–Crippen LogP) is 4.63. The highest BCUT2D eigenvalue weighted by molar-refractivity contribution is 9.10. The van der Waals surface area contributed by atoms with E-state index in [1.165, 1.54) is 6.08 Å². The SMILES string of the molecule is CC(C)(C)OC(=O)NCCC(=O)Nc1ccccc1CNC(=O)/C=C/c1cccc(Br)c1. The molecule has 0 aliphatic rings.